The van der Waals surface area contributed by atoms with Crippen LogP contribution in [0.15, 0.2) is 18.2 Å². The highest BCUT2D eigenvalue weighted by molar-refractivity contribution is 5.60. The minimum Gasteiger partial charge on any atom is -0.490 e. The van der Waals surface area contributed by atoms with Crippen molar-refractivity contribution in [3.63, 3.8) is 0 Å². The van der Waals surface area contributed by atoms with E-state index in [4.69, 9.17) is 4.74 Å². The number of ether oxygens (including phenoxy) is 1. The molecule has 1 aliphatic heterocycles. The summed E-state index contributed by atoms with van der Waals surface area (Å²) in [4.78, 5) is 13.0. The first kappa shape index (κ1) is 14.2. The van der Waals surface area contributed by atoms with Crippen LogP contribution in [0, 0.1) is 22.0 Å². The summed E-state index contributed by atoms with van der Waals surface area (Å²) in [6.45, 7) is 3.36. The van der Waals surface area contributed by atoms with Gasteiger partial charge in [-0.05, 0) is 30.7 Å². The van der Waals surface area contributed by atoms with Gasteiger partial charge in [0, 0.05) is 30.4 Å². The lowest BCUT2D eigenvalue weighted by atomic mass is 9.80. The predicted octanol–water partition coefficient (Wildman–Crippen LogP) is 3.62. The molecule has 1 aliphatic carbocycles. The second kappa shape index (κ2) is 5.54. The molecule has 0 radical (unpaired) electrons. The van der Waals surface area contributed by atoms with Gasteiger partial charge in [0.25, 0.3) is 0 Å². The third-order valence-electron chi connectivity index (χ3n) is 5.09. The van der Waals surface area contributed by atoms with E-state index in [0.29, 0.717) is 17.7 Å². The van der Waals surface area contributed by atoms with E-state index in [-0.39, 0.29) is 5.69 Å². The van der Waals surface area contributed by atoms with Crippen molar-refractivity contribution < 1.29 is 9.66 Å². The van der Waals surface area contributed by atoms with Gasteiger partial charge >= 0.3 is 5.69 Å². The first-order valence-electron chi connectivity index (χ1n) is 7.71. The molecular weight excluding hydrogens is 268 g/mol. The van der Waals surface area contributed by atoms with Crippen LogP contribution < -0.4 is 9.64 Å². The second-order valence-corrected chi connectivity index (χ2v) is 6.26. The smallest absolute Gasteiger partial charge is 0.311 e. The van der Waals surface area contributed by atoms with Gasteiger partial charge in [0.05, 0.1) is 12.0 Å². The number of benzene rings is 1. The van der Waals surface area contributed by atoms with Crippen LogP contribution in [0.1, 0.15) is 32.6 Å². The molecule has 1 saturated carbocycles. The van der Waals surface area contributed by atoms with Crippen LogP contribution in [-0.2, 0) is 0 Å². The number of methoxy groups -OCH3 is 1. The van der Waals surface area contributed by atoms with Crippen LogP contribution in [0.4, 0.5) is 11.4 Å². The van der Waals surface area contributed by atoms with E-state index < -0.39 is 4.92 Å². The standard InChI is InChI=1S/C16H22N2O3/c1-11-10-17(14-6-4-3-5-13(11)14)12-7-8-15(18(19)20)16(9-12)21-2/h7-9,11,13-14H,3-6,10H2,1-2H3. The first-order valence-corrected chi connectivity index (χ1v) is 7.71. The van der Waals surface area contributed by atoms with Gasteiger partial charge in [-0.2, -0.15) is 0 Å². The van der Waals surface area contributed by atoms with Gasteiger partial charge in [-0.25, -0.2) is 0 Å². The lowest BCUT2D eigenvalue weighted by Gasteiger charge is -2.33. The maximum Gasteiger partial charge on any atom is 0.311 e. The van der Waals surface area contributed by atoms with Crippen molar-refractivity contribution >= 4 is 11.4 Å². The maximum absolute atomic E-state index is 11.0. The van der Waals surface area contributed by atoms with Gasteiger partial charge in [0.2, 0.25) is 0 Å². The van der Waals surface area contributed by atoms with Crippen molar-refractivity contribution in [1.82, 2.24) is 0 Å². The van der Waals surface area contributed by atoms with Gasteiger partial charge < -0.3 is 9.64 Å². The highest BCUT2D eigenvalue weighted by Gasteiger charge is 2.40. The largest absolute Gasteiger partial charge is 0.490 e. The number of hydrogen-bond donors (Lipinski definition) is 0. The van der Waals surface area contributed by atoms with E-state index in [2.05, 4.69) is 11.8 Å². The average Bonchev–Trinajstić information content (AvgIpc) is 2.84. The Kier molecular flexibility index (Phi) is 3.74. The molecule has 2 fully saturated rings. The van der Waals surface area contributed by atoms with Crippen molar-refractivity contribution in [2.24, 2.45) is 11.8 Å². The second-order valence-electron chi connectivity index (χ2n) is 6.26. The minimum atomic E-state index is -0.390. The molecule has 1 heterocycles. The zero-order valence-corrected chi connectivity index (χ0v) is 12.6. The number of nitrogens with zero attached hydrogens (tertiary/aromatic N) is 2. The van der Waals surface area contributed by atoms with E-state index in [1.165, 1.54) is 32.8 Å². The summed E-state index contributed by atoms with van der Waals surface area (Å²) in [6, 6.07) is 5.83. The van der Waals surface area contributed by atoms with E-state index >= 15 is 0 Å². The minimum absolute atomic E-state index is 0.0358. The molecule has 21 heavy (non-hydrogen) atoms. The monoisotopic (exact) mass is 290 g/mol. The quantitative estimate of drug-likeness (QED) is 0.630. The third-order valence-corrected chi connectivity index (χ3v) is 5.09. The van der Waals surface area contributed by atoms with Crippen LogP contribution in [-0.4, -0.2) is 24.6 Å². The molecule has 0 amide bonds. The summed E-state index contributed by atoms with van der Waals surface area (Å²) in [6.07, 6.45) is 5.16. The lowest BCUT2D eigenvalue weighted by Crippen LogP contribution is -2.34. The van der Waals surface area contributed by atoms with Gasteiger partial charge in [0.15, 0.2) is 5.75 Å². The fraction of sp³-hybridized carbons (Fsp3) is 0.625. The Morgan fingerprint density at radius 1 is 1.33 bits per heavy atom. The van der Waals surface area contributed by atoms with Crippen LogP contribution in [0.25, 0.3) is 0 Å². The van der Waals surface area contributed by atoms with Crippen LogP contribution in [0.2, 0.25) is 0 Å². The number of hydrogen-bond acceptors (Lipinski definition) is 4. The summed E-state index contributed by atoms with van der Waals surface area (Å²) < 4.78 is 5.20. The van der Waals surface area contributed by atoms with Gasteiger partial charge in [-0.15, -0.1) is 0 Å². The van der Waals surface area contributed by atoms with E-state index in [0.717, 1.165) is 18.2 Å². The van der Waals surface area contributed by atoms with Crippen molar-refractivity contribution in [3.8, 4) is 5.75 Å². The highest BCUT2D eigenvalue weighted by Crippen LogP contribution is 2.43. The first-order chi connectivity index (χ1) is 10.1. The zero-order valence-electron chi connectivity index (χ0n) is 12.6. The van der Waals surface area contributed by atoms with Crippen LogP contribution in [0.5, 0.6) is 5.75 Å². The molecule has 3 unspecified atom stereocenters. The molecule has 5 nitrogen and oxygen atoms in total. The summed E-state index contributed by atoms with van der Waals surface area (Å²) in [5.41, 5.74) is 1.09. The Hall–Kier alpha value is -1.78. The molecule has 114 valence electrons. The topological polar surface area (TPSA) is 55.6 Å². The molecule has 1 aromatic rings. The normalized spacial score (nSPS) is 28.3. The molecular formula is C16H22N2O3. The zero-order chi connectivity index (χ0) is 15.0. The van der Waals surface area contributed by atoms with Crippen molar-refractivity contribution in [2.75, 3.05) is 18.6 Å². The van der Waals surface area contributed by atoms with E-state index in [1.807, 2.05) is 12.1 Å². The Morgan fingerprint density at radius 3 is 2.81 bits per heavy atom. The number of nitro benzene ring substituents is 1. The molecule has 1 aromatic carbocycles. The van der Waals surface area contributed by atoms with Crippen LogP contribution >= 0.6 is 0 Å². The summed E-state index contributed by atoms with van der Waals surface area (Å²) >= 11 is 0. The molecule has 0 aromatic heterocycles. The molecule has 3 atom stereocenters. The SMILES string of the molecule is COc1cc(N2CC(C)C3CCCCC32)ccc1[N+](=O)[O-]. The van der Waals surface area contributed by atoms with Crippen molar-refractivity contribution in [3.05, 3.63) is 28.3 Å². The molecule has 0 spiro atoms. The molecule has 1 saturated heterocycles. The molecule has 3 rings (SSSR count). The predicted molar refractivity (Wildman–Crippen MR) is 81.9 cm³/mol. The third kappa shape index (κ3) is 2.45. The Balaban J connectivity index is 1.91. The van der Waals surface area contributed by atoms with Crippen molar-refractivity contribution in [2.45, 2.75) is 38.6 Å². The molecule has 2 aliphatic rings. The number of fused-ring (bicyclic) bond motifs is 1. The Bertz CT molecular complexity index is 546. The van der Waals surface area contributed by atoms with Gasteiger partial charge in [-0.1, -0.05) is 19.8 Å². The van der Waals surface area contributed by atoms with E-state index in [9.17, 15) is 10.1 Å². The molecule has 0 N–H and O–H groups in total. The van der Waals surface area contributed by atoms with Gasteiger partial charge in [-0.3, -0.25) is 10.1 Å². The van der Waals surface area contributed by atoms with Crippen LogP contribution in [0.3, 0.4) is 0 Å². The number of anilines is 1. The lowest BCUT2D eigenvalue weighted by molar-refractivity contribution is -0.385. The summed E-state index contributed by atoms with van der Waals surface area (Å²) in [5, 5.41) is 11.0. The van der Waals surface area contributed by atoms with Crippen molar-refractivity contribution in [1.29, 1.82) is 0 Å². The number of nitro groups is 1. The molecule has 5 heteroatoms. The Morgan fingerprint density at radius 2 is 2.10 bits per heavy atom. The average molecular weight is 290 g/mol. The van der Waals surface area contributed by atoms with Gasteiger partial charge in [0.1, 0.15) is 0 Å². The summed E-state index contributed by atoms with van der Waals surface area (Å²) in [7, 11) is 1.49. The maximum atomic E-state index is 11.0. The highest BCUT2D eigenvalue weighted by atomic mass is 16.6. The fourth-order valence-corrected chi connectivity index (χ4v) is 4.06. The summed E-state index contributed by atoms with van der Waals surface area (Å²) in [5.74, 6) is 1.81. The molecule has 0 bridgehead atoms. The Labute approximate surface area is 125 Å². The fourth-order valence-electron chi connectivity index (χ4n) is 4.06. The number of rotatable bonds is 3. The van der Waals surface area contributed by atoms with E-state index in [1.54, 1.807) is 6.07 Å².